The van der Waals surface area contributed by atoms with E-state index in [9.17, 15) is 34.8 Å². The summed E-state index contributed by atoms with van der Waals surface area (Å²) in [6, 6.07) is 9.57. The molecule has 0 aliphatic heterocycles. The number of ketones is 2. The molecule has 1 fully saturated rings. The van der Waals surface area contributed by atoms with E-state index < -0.39 is 58.7 Å². The van der Waals surface area contributed by atoms with E-state index in [0.29, 0.717) is 16.9 Å². The second kappa shape index (κ2) is 9.88. The van der Waals surface area contributed by atoms with Crippen molar-refractivity contribution in [1.82, 2.24) is 4.90 Å². The quantitative estimate of drug-likeness (QED) is 0.274. The standard InChI is InChI=1S/C30H32N2O8/c1-32(2)24-19-13-16-12-18-15(8-7-14-5-4-6-17(11-14)40-3)9-10-20(33)22(18)25(34)21(16)27(36)30(19,39)28(37)23(26(24)35)29(31)38/h4-11,16,19,23-24,26,33,35-36,39H,12-13H2,1-3H3,(H2,31,38)/b8-7+/t16?,19?,23?,24-,26?,30-/m0/s1. The van der Waals surface area contributed by atoms with Crippen molar-refractivity contribution in [2.45, 2.75) is 30.6 Å². The molecule has 4 unspecified atom stereocenters. The fraction of sp³-hybridized carbons (Fsp3) is 0.367. The number of ether oxygens (including phenoxy) is 1. The lowest BCUT2D eigenvalue weighted by Crippen LogP contribution is -2.71. The lowest BCUT2D eigenvalue weighted by atomic mass is 9.56. The van der Waals surface area contributed by atoms with Gasteiger partial charge in [-0.05, 0) is 67.7 Å². The minimum absolute atomic E-state index is 0.0217. The Morgan fingerprint density at radius 1 is 1.15 bits per heavy atom. The molecule has 0 radical (unpaired) electrons. The first-order valence-electron chi connectivity index (χ1n) is 13.0. The summed E-state index contributed by atoms with van der Waals surface area (Å²) in [4.78, 5) is 41.0. The predicted octanol–water partition coefficient (Wildman–Crippen LogP) is 1.46. The van der Waals surface area contributed by atoms with E-state index in [2.05, 4.69) is 0 Å². The number of benzene rings is 2. The van der Waals surface area contributed by atoms with Crippen molar-refractivity contribution >= 4 is 29.6 Å². The third-order valence-corrected chi connectivity index (χ3v) is 8.56. The third kappa shape index (κ3) is 4.02. The fourth-order valence-electron chi connectivity index (χ4n) is 6.72. The van der Waals surface area contributed by atoms with E-state index in [1.807, 2.05) is 36.4 Å². The van der Waals surface area contributed by atoms with E-state index in [4.69, 9.17) is 10.5 Å². The summed E-state index contributed by atoms with van der Waals surface area (Å²) >= 11 is 0. The van der Waals surface area contributed by atoms with Gasteiger partial charge in [0.15, 0.2) is 17.2 Å². The first-order chi connectivity index (χ1) is 18.9. The smallest absolute Gasteiger partial charge is 0.230 e. The molecular formula is C30H32N2O8. The third-order valence-electron chi connectivity index (χ3n) is 8.56. The number of likely N-dealkylation sites (N-methyl/N-ethyl adjacent to an activating group) is 1. The number of Topliss-reactive ketones (excluding diaryl/α,β-unsaturated/α-hetero) is 2. The largest absolute Gasteiger partial charge is 0.508 e. The topological polar surface area (TPSA) is 171 Å². The number of aliphatic hydroxyl groups is 3. The van der Waals surface area contributed by atoms with Crippen LogP contribution in [0.15, 0.2) is 47.7 Å². The summed E-state index contributed by atoms with van der Waals surface area (Å²) in [6.07, 6.45) is 2.44. The number of carbonyl (C=O) groups excluding carboxylic acids is 3. The van der Waals surface area contributed by atoms with Crippen LogP contribution in [0.1, 0.15) is 33.5 Å². The highest BCUT2D eigenvalue weighted by atomic mass is 16.5. The molecule has 6 N–H and O–H groups in total. The van der Waals surface area contributed by atoms with Crippen molar-refractivity contribution in [1.29, 1.82) is 0 Å². The predicted molar refractivity (Wildman–Crippen MR) is 145 cm³/mol. The minimum atomic E-state index is -2.60. The summed E-state index contributed by atoms with van der Waals surface area (Å²) in [7, 11) is 4.82. The van der Waals surface area contributed by atoms with Gasteiger partial charge in [0.2, 0.25) is 5.91 Å². The number of carbonyl (C=O) groups is 3. The zero-order valence-electron chi connectivity index (χ0n) is 22.4. The molecule has 0 bridgehead atoms. The lowest BCUT2D eigenvalue weighted by Gasteiger charge is -2.53. The Hall–Kier alpha value is -3.99. The average molecular weight is 549 g/mol. The molecule has 2 aromatic carbocycles. The van der Waals surface area contributed by atoms with Gasteiger partial charge in [-0.1, -0.05) is 30.4 Å². The molecule has 6 atom stereocenters. The Morgan fingerprint density at radius 2 is 1.88 bits per heavy atom. The number of amides is 1. The number of primary amides is 1. The van der Waals surface area contributed by atoms with E-state index >= 15 is 0 Å². The van der Waals surface area contributed by atoms with E-state index in [-0.39, 0.29) is 29.7 Å². The van der Waals surface area contributed by atoms with Crippen LogP contribution in [-0.2, 0) is 16.0 Å². The number of methoxy groups -OCH3 is 1. The van der Waals surface area contributed by atoms with Gasteiger partial charge in [-0.3, -0.25) is 14.4 Å². The molecule has 0 heterocycles. The summed E-state index contributed by atoms with van der Waals surface area (Å²) < 4.78 is 5.28. The number of fused-ring (bicyclic) bond motifs is 3. The maximum Gasteiger partial charge on any atom is 0.230 e. The van der Waals surface area contributed by atoms with Crippen molar-refractivity contribution in [3.63, 3.8) is 0 Å². The van der Waals surface area contributed by atoms with Crippen molar-refractivity contribution in [3.8, 4) is 11.5 Å². The van der Waals surface area contributed by atoms with Crippen LogP contribution in [0.2, 0.25) is 0 Å². The first kappa shape index (κ1) is 27.6. The highest BCUT2D eigenvalue weighted by molar-refractivity contribution is 6.16. The number of hydrogen-bond donors (Lipinski definition) is 5. The maximum atomic E-state index is 13.8. The number of aliphatic hydroxyl groups excluding tert-OH is 2. The Bertz CT molecular complexity index is 1480. The second-order valence-corrected chi connectivity index (χ2v) is 10.9. The molecule has 5 rings (SSSR count). The van der Waals surface area contributed by atoms with Crippen LogP contribution in [0.5, 0.6) is 11.5 Å². The van der Waals surface area contributed by atoms with Crippen molar-refractivity contribution < 1.29 is 39.5 Å². The molecule has 0 aromatic heterocycles. The first-order valence-corrected chi connectivity index (χ1v) is 13.0. The Labute approximate surface area is 231 Å². The van der Waals surface area contributed by atoms with Crippen LogP contribution in [0.3, 0.4) is 0 Å². The van der Waals surface area contributed by atoms with Crippen LogP contribution in [0, 0.1) is 17.8 Å². The van der Waals surface area contributed by atoms with Crippen LogP contribution in [0.4, 0.5) is 0 Å². The molecule has 0 saturated heterocycles. The van der Waals surface area contributed by atoms with E-state index in [1.165, 1.54) is 6.07 Å². The van der Waals surface area contributed by atoms with E-state index in [1.54, 1.807) is 32.2 Å². The van der Waals surface area contributed by atoms with E-state index in [0.717, 1.165) is 5.56 Å². The van der Waals surface area contributed by atoms with Crippen molar-refractivity contribution in [2.24, 2.45) is 23.5 Å². The summed E-state index contributed by atoms with van der Waals surface area (Å²) in [5.74, 6) is -6.88. The number of hydrogen-bond acceptors (Lipinski definition) is 9. The number of aromatic hydroxyl groups is 1. The molecule has 1 amide bonds. The minimum Gasteiger partial charge on any atom is -0.508 e. The van der Waals surface area contributed by atoms with Gasteiger partial charge in [-0.2, -0.15) is 0 Å². The Kier molecular flexibility index (Phi) is 6.81. The fourth-order valence-corrected chi connectivity index (χ4v) is 6.72. The molecule has 0 spiro atoms. The van der Waals surface area contributed by atoms with Crippen LogP contribution >= 0.6 is 0 Å². The molecule has 10 heteroatoms. The Morgan fingerprint density at radius 3 is 2.52 bits per heavy atom. The zero-order chi connectivity index (χ0) is 29.1. The van der Waals surface area contributed by atoms with Gasteiger partial charge >= 0.3 is 0 Å². The summed E-state index contributed by atoms with van der Waals surface area (Å²) in [5, 5.41) is 44.8. The molecule has 210 valence electrons. The summed E-state index contributed by atoms with van der Waals surface area (Å²) in [5.41, 5.74) is 4.72. The number of nitrogens with two attached hydrogens (primary N) is 1. The van der Waals surface area contributed by atoms with Gasteiger partial charge in [0.25, 0.3) is 0 Å². The average Bonchev–Trinajstić information content (AvgIpc) is 2.90. The van der Waals surface area contributed by atoms with Crippen molar-refractivity contribution in [3.05, 3.63) is 70.0 Å². The Balaban J connectivity index is 1.63. The highest BCUT2D eigenvalue weighted by Crippen LogP contribution is 2.52. The normalized spacial score (nSPS) is 29.8. The van der Waals surface area contributed by atoms with Crippen LogP contribution < -0.4 is 10.5 Å². The molecule has 40 heavy (non-hydrogen) atoms. The molecule has 1 saturated carbocycles. The van der Waals surface area contributed by atoms with Crippen molar-refractivity contribution in [2.75, 3.05) is 21.2 Å². The molecule has 10 nitrogen and oxygen atoms in total. The number of allylic oxidation sites excluding steroid dienone is 1. The monoisotopic (exact) mass is 548 g/mol. The van der Waals surface area contributed by atoms with Gasteiger partial charge in [-0.15, -0.1) is 0 Å². The zero-order valence-corrected chi connectivity index (χ0v) is 22.4. The van der Waals surface area contributed by atoms with Gasteiger partial charge < -0.3 is 35.8 Å². The second-order valence-electron chi connectivity index (χ2n) is 10.9. The number of phenolic OH excluding ortho intramolecular Hbond substituents is 1. The number of rotatable bonds is 5. The van der Waals surface area contributed by atoms with Gasteiger partial charge in [0.1, 0.15) is 23.2 Å². The van der Waals surface area contributed by atoms with Gasteiger partial charge in [0, 0.05) is 17.5 Å². The number of phenols is 1. The van der Waals surface area contributed by atoms with Crippen LogP contribution in [0.25, 0.3) is 12.2 Å². The molecular weight excluding hydrogens is 516 g/mol. The van der Waals surface area contributed by atoms with Gasteiger partial charge in [0.05, 0.1) is 18.8 Å². The van der Waals surface area contributed by atoms with Crippen LogP contribution in [-0.4, -0.2) is 81.8 Å². The molecule has 2 aromatic rings. The maximum absolute atomic E-state index is 13.8. The highest BCUT2D eigenvalue weighted by Gasteiger charge is 2.66. The molecule has 3 aliphatic carbocycles. The SMILES string of the molecule is COc1cccc(/C=C/c2ccc(O)c3c2CC2CC4[C@H](N(C)C)C(O)C(C(N)=O)C(=O)[C@@]4(O)C(O)=C2C3=O)c1. The summed E-state index contributed by atoms with van der Waals surface area (Å²) in [6.45, 7) is 0. The van der Waals surface area contributed by atoms with Gasteiger partial charge in [-0.25, -0.2) is 0 Å². The molecule has 3 aliphatic rings. The lowest BCUT2D eigenvalue weighted by molar-refractivity contribution is -0.178. The number of nitrogens with zero attached hydrogens (tertiary/aromatic N) is 1.